The second-order valence-electron chi connectivity index (χ2n) is 7.36. The molecule has 2 aromatic rings. The molecule has 0 aliphatic carbocycles. The number of hydrazine groups is 1. The fourth-order valence-electron chi connectivity index (χ4n) is 2.39. The highest BCUT2D eigenvalue weighted by Crippen LogP contribution is 2.22. The number of amides is 3. The third-order valence-electron chi connectivity index (χ3n) is 4.06. The van der Waals surface area contributed by atoms with E-state index in [4.69, 9.17) is 11.6 Å². The van der Waals surface area contributed by atoms with Crippen molar-refractivity contribution in [2.24, 2.45) is 0 Å². The molecule has 0 fully saturated rings. The fourth-order valence-corrected chi connectivity index (χ4v) is 2.57. The minimum absolute atomic E-state index is 0.00618. The number of rotatable bonds is 5. The van der Waals surface area contributed by atoms with Gasteiger partial charge in [-0.3, -0.25) is 25.2 Å². The van der Waals surface area contributed by atoms with Crippen LogP contribution in [0.1, 0.15) is 49.5 Å². The van der Waals surface area contributed by atoms with E-state index in [1.54, 1.807) is 36.4 Å². The molecule has 3 N–H and O–H groups in total. The Hall–Kier alpha value is -2.86. The van der Waals surface area contributed by atoms with Gasteiger partial charge in [0.05, 0.1) is 10.7 Å². The van der Waals surface area contributed by atoms with E-state index in [9.17, 15) is 14.4 Å². The molecule has 0 bridgehead atoms. The molecule has 3 amide bonds. The Labute approximate surface area is 169 Å². The monoisotopic (exact) mass is 401 g/mol. The quantitative estimate of drug-likeness (QED) is 0.665. The summed E-state index contributed by atoms with van der Waals surface area (Å²) < 4.78 is 0. The standard InChI is InChI=1S/C21H24ClN3O3/c1-21(2,3)15-10-8-14(9-11-15)20(28)25-24-19(27)13-12-18(26)23-17-7-5-4-6-16(17)22/h4-11H,12-13H2,1-3H3,(H,23,26)(H,24,27)(H,25,28). The second kappa shape index (κ2) is 9.37. The van der Waals surface area contributed by atoms with E-state index < -0.39 is 11.8 Å². The van der Waals surface area contributed by atoms with Crippen LogP contribution in [-0.2, 0) is 15.0 Å². The van der Waals surface area contributed by atoms with Crippen molar-refractivity contribution in [1.29, 1.82) is 0 Å². The summed E-state index contributed by atoms with van der Waals surface area (Å²) in [6.07, 6.45) is -0.104. The van der Waals surface area contributed by atoms with Crippen molar-refractivity contribution in [3.8, 4) is 0 Å². The smallest absolute Gasteiger partial charge is 0.269 e. The summed E-state index contributed by atoms with van der Waals surface area (Å²) in [5.74, 6) is -1.23. The van der Waals surface area contributed by atoms with Crippen molar-refractivity contribution in [2.45, 2.75) is 39.0 Å². The van der Waals surface area contributed by atoms with Gasteiger partial charge in [0.25, 0.3) is 5.91 Å². The number of halogens is 1. The molecule has 2 aromatic carbocycles. The predicted molar refractivity (Wildman–Crippen MR) is 110 cm³/mol. The van der Waals surface area contributed by atoms with E-state index in [0.717, 1.165) is 5.56 Å². The number of nitrogens with one attached hydrogen (secondary N) is 3. The number of carbonyl (C=O) groups excluding carboxylic acids is 3. The Morgan fingerprint density at radius 3 is 2.07 bits per heavy atom. The van der Waals surface area contributed by atoms with Crippen molar-refractivity contribution in [3.63, 3.8) is 0 Å². The van der Waals surface area contributed by atoms with Gasteiger partial charge in [-0.1, -0.05) is 56.6 Å². The summed E-state index contributed by atoms with van der Waals surface area (Å²) in [5.41, 5.74) is 6.69. The molecule has 2 rings (SSSR count). The largest absolute Gasteiger partial charge is 0.325 e. The molecular weight excluding hydrogens is 378 g/mol. The maximum atomic E-state index is 12.1. The molecule has 0 radical (unpaired) electrons. The van der Waals surface area contributed by atoms with Crippen LogP contribution in [0.15, 0.2) is 48.5 Å². The van der Waals surface area contributed by atoms with Gasteiger partial charge >= 0.3 is 0 Å². The van der Waals surface area contributed by atoms with Crippen LogP contribution < -0.4 is 16.2 Å². The number of hydrogen-bond donors (Lipinski definition) is 3. The van der Waals surface area contributed by atoms with Gasteiger partial charge in [-0.2, -0.15) is 0 Å². The molecule has 0 aromatic heterocycles. The van der Waals surface area contributed by atoms with Crippen molar-refractivity contribution in [3.05, 3.63) is 64.7 Å². The topological polar surface area (TPSA) is 87.3 Å². The number of carbonyl (C=O) groups is 3. The third kappa shape index (κ3) is 6.39. The lowest BCUT2D eigenvalue weighted by molar-refractivity contribution is -0.124. The predicted octanol–water partition coefficient (Wildman–Crippen LogP) is 3.82. The lowest BCUT2D eigenvalue weighted by Gasteiger charge is -2.19. The minimum Gasteiger partial charge on any atom is -0.325 e. The van der Waals surface area contributed by atoms with Gasteiger partial charge in [-0.25, -0.2) is 0 Å². The van der Waals surface area contributed by atoms with Gasteiger partial charge in [-0.15, -0.1) is 0 Å². The van der Waals surface area contributed by atoms with Gasteiger partial charge in [0.1, 0.15) is 0 Å². The Morgan fingerprint density at radius 1 is 0.857 bits per heavy atom. The van der Waals surface area contributed by atoms with Crippen LogP contribution in [0.25, 0.3) is 0 Å². The summed E-state index contributed by atoms with van der Waals surface area (Å²) in [6, 6.07) is 14.0. The molecule has 0 aliphatic rings. The van der Waals surface area contributed by atoms with Crippen LogP contribution in [0.5, 0.6) is 0 Å². The average Bonchev–Trinajstić information content (AvgIpc) is 2.65. The van der Waals surface area contributed by atoms with Crippen LogP contribution in [0.2, 0.25) is 5.02 Å². The molecule has 7 heteroatoms. The first-order valence-electron chi connectivity index (χ1n) is 8.91. The first-order chi connectivity index (χ1) is 13.2. The van der Waals surface area contributed by atoms with Crippen LogP contribution >= 0.6 is 11.6 Å². The molecule has 0 heterocycles. The highest BCUT2D eigenvalue weighted by molar-refractivity contribution is 6.33. The molecule has 0 spiro atoms. The second-order valence-corrected chi connectivity index (χ2v) is 7.76. The molecular formula is C21H24ClN3O3. The van der Waals surface area contributed by atoms with Crippen LogP contribution in [0.3, 0.4) is 0 Å². The molecule has 0 saturated heterocycles. The van der Waals surface area contributed by atoms with Crippen molar-refractivity contribution < 1.29 is 14.4 Å². The maximum Gasteiger partial charge on any atom is 0.269 e. The zero-order valence-corrected chi connectivity index (χ0v) is 16.9. The lowest BCUT2D eigenvalue weighted by Crippen LogP contribution is -2.41. The average molecular weight is 402 g/mol. The number of hydrogen-bond acceptors (Lipinski definition) is 3. The number of benzene rings is 2. The molecule has 148 valence electrons. The first kappa shape index (κ1) is 21.4. The van der Waals surface area contributed by atoms with E-state index in [2.05, 4.69) is 36.9 Å². The molecule has 0 saturated carbocycles. The Kier molecular flexibility index (Phi) is 7.18. The number of anilines is 1. The zero-order chi connectivity index (χ0) is 20.7. The van der Waals surface area contributed by atoms with E-state index in [1.807, 2.05) is 12.1 Å². The molecule has 0 unspecified atom stereocenters. The van der Waals surface area contributed by atoms with Gasteiger partial charge in [0.2, 0.25) is 11.8 Å². The summed E-state index contributed by atoms with van der Waals surface area (Å²) in [6.45, 7) is 6.26. The normalized spacial score (nSPS) is 10.9. The highest BCUT2D eigenvalue weighted by atomic mass is 35.5. The van der Waals surface area contributed by atoms with Crippen molar-refractivity contribution in [2.75, 3.05) is 5.32 Å². The maximum absolute atomic E-state index is 12.1. The SMILES string of the molecule is CC(C)(C)c1ccc(C(=O)NNC(=O)CCC(=O)Nc2ccccc2Cl)cc1. The van der Waals surface area contributed by atoms with Crippen LogP contribution in [0.4, 0.5) is 5.69 Å². The molecule has 0 atom stereocenters. The fraction of sp³-hybridized carbons (Fsp3) is 0.286. The summed E-state index contributed by atoms with van der Waals surface area (Å²) in [4.78, 5) is 35.9. The van der Waals surface area contributed by atoms with Gasteiger partial charge in [0, 0.05) is 18.4 Å². The Balaban J connectivity index is 1.76. The summed E-state index contributed by atoms with van der Waals surface area (Å²) in [5, 5.41) is 3.06. The van der Waals surface area contributed by atoms with Crippen LogP contribution in [-0.4, -0.2) is 17.7 Å². The minimum atomic E-state index is -0.464. The first-order valence-corrected chi connectivity index (χ1v) is 9.29. The molecule has 6 nitrogen and oxygen atoms in total. The molecule has 28 heavy (non-hydrogen) atoms. The van der Waals surface area contributed by atoms with Crippen molar-refractivity contribution >= 4 is 35.0 Å². The lowest BCUT2D eigenvalue weighted by atomic mass is 9.87. The number of para-hydroxylation sites is 1. The van der Waals surface area contributed by atoms with E-state index in [-0.39, 0.29) is 24.2 Å². The zero-order valence-electron chi connectivity index (χ0n) is 16.1. The van der Waals surface area contributed by atoms with Gasteiger partial charge < -0.3 is 5.32 Å². The summed E-state index contributed by atoms with van der Waals surface area (Å²) >= 11 is 5.97. The Bertz CT molecular complexity index is 858. The van der Waals surface area contributed by atoms with Gasteiger partial charge in [0.15, 0.2) is 0 Å². The summed E-state index contributed by atoms with van der Waals surface area (Å²) in [7, 11) is 0. The third-order valence-corrected chi connectivity index (χ3v) is 4.39. The van der Waals surface area contributed by atoms with Crippen molar-refractivity contribution in [1.82, 2.24) is 10.9 Å². The van der Waals surface area contributed by atoms with Crippen LogP contribution in [0, 0.1) is 0 Å². The van der Waals surface area contributed by atoms with E-state index >= 15 is 0 Å². The van der Waals surface area contributed by atoms with E-state index in [0.29, 0.717) is 16.3 Å². The van der Waals surface area contributed by atoms with Gasteiger partial charge in [-0.05, 0) is 35.2 Å². The molecule has 0 aliphatic heterocycles. The van der Waals surface area contributed by atoms with E-state index in [1.165, 1.54) is 0 Å². The Morgan fingerprint density at radius 2 is 1.46 bits per heavy atom. The highest BCUT2D eigenvalue weighted by Gasteiger charge is 2.15.